The van der Waals surface area contributed by atoms with Crippen LogP contribution in [0.5, 0.6) is 5.75 Å². The third-order valence-corrected chi connectivity index (χ3v) is 3.90. The summed E-state index contributed by atoms with van der Waals surface area (Å²) in [5.41, 5.74) is -1.26. The van der Waals surface area contributed by atoms with Gasteiger partial charge in [0.2, 0.25) is 0 Å². The number of alkyl halides is 3. The number of benzene rings is 2. The average molecular weight is 334 g/mol. The Balaban J connectivity index is 2.35. The van der Waals surface area contributed by atoms with E-state index in [4.69, 9.17) is 4.42 Å². The fraction of sp³-hybridized carbons (Fsp3) is 0.167. The van der Waals surface area contributed by atoms with E-state index in [2.05, 4.69) is 0 Å². The van der Waals surface area contributed by atoms with Crippen molar-refractivity contribution in [3.63, 3.8) is 0 Å². The predicted octanol–water partition coefficient (Wildman–Crippen LogP) is 4.80. The molecule has 0 spiro atoms. The molecular formula is C18H13F3O3. The number of halogens is 3. The van der Waals surface area contributed by atoms with Gasteiger partial charge in [0.1, 0.15) is 11.5 Å². The zero-order valence-electron chi connectivity index (χ0n) is 12.9. The standard InChI is InChI=1S/C18H13F3O3/c1-9-4-3-5-12(16(9)18(19,20)21)15-7-11-6-10(2)14(22)8-13(11)17(23)24-15/h3-8,22H,1-2H3. The molecule has 3 aromatic rings. The molecule has 0 radical (unpaired) electrons. The van der Waals surface area contributed by atoms with Crippen molar-refractivity contribution < 1.29 is 22.7 Å². The summed E-state index contributed by atoms with van der Waals surface area (Å²) in [5.74, 6) is -0.234. The second-order valence-electron chi connectivity index (χ2n) is 5.62. The number of aryl methyl sites for hydroxylation is 2. The van der Waals surface area contributed by atoms with Crippen LogP contribution < -0.4 is 5.63 Å². The molecule has 0 amide bonds. The Morgan fingerprint density at radius 3 is 2.42 bits per heavy atom. The minimum Gasteiger partial charge on any atom is -0.508 e. The third-order valence-electron chi connectivity index (χ3n) is 3.90. The summed E-state index contributed by atoms with van der Waals surface area (Å²) >= 11 is 0. The summed E-state index contributed by atoms with van der Waals surface area (Å²) in [6, 6.07) is 8.27. The van der Waals surface area contributed by atoms with Crippen molar-refractivity contribution in [2.75, 3.05) is 0 Å². The van der Waals surface area contributed by atoms with Gasteiger partial charge in [0.25, 0.3) is 0 Å². The molecular weight excluding hydrogens is 321 g/mol. The van der Waals surface area contributed by atoms with Gasteiger partial charge in [-0.1, -0.05) is 18.2 Å². The van der Waals surface area contributed by atoms with E-state index in [1.807, 2.05) is 0 Å². The number of phenolic OH excluding ortho intramolecular Hbond substituents is 1. The van der Waals surface area contributed by atoms with Crippen molar-refractivity contribution in [2.45, 2.75) is 20.0 Å². The predicted molar refractivity (Wildman–Crippen MR) is 84.1 cm³/mol. The van der Waals surface area contributed by atoms with Crippen molar-refractivity contribution >= 4 is 10.8 Å². The van der Waals surface area contributed by atoms with Crippen LogP contribution in [-0.4, -0.2) is 5.11 Å². The lowest BCUT2D eigenvalue weighted by Gasteiger charge is -2.15. The van der Waals surface area contributed by atoms with Crippen LogP contribution in [-0.2, 0) is 6.18 Å². The van der Waals surface area contributed by atoms with Crippen molar-refractivity contribution in [3.8, 4) is 17.1 Å². The molecule has 0 aliphatic heterocycles. The zero-order valence-corrected chi connectivity index (χ0v) is 12.9. The molecule has 0 aliphatic rings. The van der Waals surface area contributed by atoms with Crippen LogP contribution >= 0.6 is 0 Å². The highest BCUT2D eigenvalue weighted by Crippen LogP contribution is 2.39. The van der Waals surface area contributed by atoms with Gasteiger partial charge in [-0.05, 0) is 48.6 Å². The first-order chi connectivity index (χ1) is 11.2. The van der Waals surface area contributed by atoms with Gasteiger partial charge in [0.05, 0.1) is 10.9 Å². The molecule has 0 saturated heterocycles. The van der Waals surface area contributed by atoms with Gasteiger partial charge in [0, 0.05) is 5.56 Å². The van der Waals surface area contributed by atoms with E-state index in [1.54, 1.807) is 6.92 Å². The first kappa shape index (κ1) is 16.1. The molecule has 3 rings (SSSR count). The molecule has 0 unspecified atom stereocenters. The van der Waals surface area contributed by atoms with Crippen LogP contribution in [0.3, 0.4) is 0 Å². The van der Waals surface area contributed by atoms with E-state index in [-0.39, 0.29) is 28.0 Å². The van der Waals surface area contributed by atoms with E-state index >= 15 is 0 Å². The Hall–Kier alpha value is -2.76. The normalized spacial score (nSPS) is 11.9. The molecule has 1 aromatic heterocycles. The Morgan fingerprint density at radius 1 is 1.04 bits per heavy atom. The van der Waals surface area contributed by atoms with Crippen LogP contribution in [0.25, 0.3) is 22.1 Å². The molecule has 1 heterocycles. The van der Waals surface area contributed by atoms with Gasteiger partial charge in [-0.3, -0.25) is 0 Å². The Labute approximate surface area is 135 Å². The fourth-order valence-electron chi connectivity index (χ4n) is 2.72. The molecule has 0 aliphatic carbocycles. The van der Waals surface area contributed by atoms with Crippen LogP contribution in [0.1, 0.15) is 16.7 Å². The van der Waals surface area contributed by atoms with Gasteiger partial charge in [-0.25, -0.2) is 4.79 Å². The minimum absolute atomic E-state index is 0.0460. The lowest BCUT2D eigenvalue weighted by molar-refractivity contribution is -0.137. The van der Waals surface area contributed by atoms with Gasteiger partial charge in [-0.2, -0.15) is 13.2 Å². The van der Waals surface area contributed by atoms with Crippen molar-refractivity contribution in [3.05, 3.63) is 63.5 Å². The number of hydrogen-bond acceptors (Lipinski definition) is 3. The maximum absolute atomic E-state index is 13.4. The Morgan fingerprint density at radius 2 is 1.75 bits per heavy atom. The molecule has 0 saturated carbocycles. The lowest BCUT2D eigenvalue weighted by Crippen LogP contribution is -2.10. The molecule has 2 aromatic carbocycles. The second kappa shape index (κ2) is 5.40. The largest absolute Gasteiger partial charge is 0.508 e. The highest BCUT2D eigenvalue weighted by atomic mass is 19.4. The molecule has 3 nitrogen and oxygen atoms in total. The van der Waals surface area contributed by atoms with E-state index in [0.29, 0.717) is 10.9 Å². The van der Waals surface area contributed by atoms with E-state index < -0.39 is 17.4 Å². The number of hydrogen-bond donors (Lipinski definition) is 1. The van der Waals surface area contributed by atoms with Crippen LogP contribution in [0.15, 0.2) is 45.6 Å². The number of phenols is 1. The molecule has 6 heteroatoms. The summed E-state index contributed by atoms with van der Waals surface area (Å²) in [5, 5.41) is 10.2. The van der Waals surface area contributed by atoms with E-state index in [9.17, 15) is 23.1 Å². The summed E-state index contributed by atoms with van der Waals surface area (Å²) in [4.78, 5) is 12.1. The Bertz CT molecular complexity index is 1000. The van der Waals surface area contributed by atoms with Crippen molar-refractivity contribution in [2.24, 2.45) is 0 Å². The summed E-state index contributed by atoms with van der Waals surface area (Å²) in [6.07, 6.45) is -4.57. The van der Waals surface area contributed by atoms with Crippen LogP contribution in [0.2, 0.25) is 0 Å². The lowest BCUT2D eigenvalue weighted by atomic mass is 9.98. The molecule has 0 fully saturated rings. The maximum Gasteiger partial charge on any atom is 0.417 e. The van der Waals surface area contributed by atoms with Gasteiger partial charge in [-0.15, -0.1) is 0 Å². The molecule has 24 heavy (non-hydrogen) atoms. The van der Waals surface area contributed by atoms with Gasteiger partial charge < -0.3 is 9.52 Å². The van der Waals surface area contributed by atoms with Crippen molar-refractivity contribution in [1.82, 2.24) is 0 Å². The molecule has 124 valence electrons. The highest BCUT2D eigenvalue weighted by molar-refractivity contribution is 5.86. The SMILES string of the molecule is Cc1cc2cc(-c3cccc(C)c3C(F)(F)F)oc(=O)c2cc1O. The summed E-state index contributed by atoms with van der Waals surface area (Å²) in [6.45, 7) is 2.99. The number of aromatic hydroxyl groups is 1. The topological polar surface area (TPSA) is 50.4 Å². The van der Waals surface area contributed by atoms with Crippen LogP contribution in [0.4, 0.5) is 13.2 Å². The first-order valence-electron chi connectivity index (χ1n) is 7.13. The molecule has 1 N–H and O–H groups in total. The van der Waals surface area contributed by atoms with E-state index in [1.165, 1.54) is 43.3 Å². The summed E-state index contributed by atoms with van der Waals surface area (Å²) in [7, 11) is 0. The number of rotatable bonds is 1. The highest BCUT2D eigenvalue weighted by Gasteiger charge is 2.36. The monoisotopic (exact) mass is 334 g/mol. The minimum atomic E-state index is -4.57. The quantitative estimate of drug-likeness (QED) is 0.695. The van der Waals surface area contributed by atoms with Crippen LogP contribution in [0, 0.1) is 13.8 Å². The maximum atomic E-state index is 13.4. The van der Waals surface area contributed by atoms with E-state index in [0.717, 1.165) is 0 Å². The summed E-state index contributed by atoms with van der Waals surface area (Å²) < 4.78 is 45.2. The van der Waals surface area contributed by atoms with Gasteiger partial charge in [0.15, 0.2) is 0 Å². The number of fused-ring (bicyclic) bond motifs is 1. The zero-order chi connectivity index (χ0) is 17.6. The molecule has 0 atom stereocenters. The smallest absolute Gasteiger partial charge is 0.417 e. The first-order valence-corrected chi connectivity index (χ1v) is 7.13. The van der Waals surface area contributed by atoms with Crippen molar-refractivity contribution in [1.29, 1.82) is 0 Å². The second-order valence-corrected chi connectivity index (χ2v) is 5.62. The third kappa shape index (κ3) is 2.64. The van der Waals surface area contributed by atoms with Gasteiger partial charge >= 0.3 is 11.8 Å². The average Bonchev–Trinajstić information content (AvgIpc) is 2.47. The molecule has 0 bridgehead atoms. The fourth-order valence-corrected chi connectivity index (χ4v) is 2.72. The Kier molecular flexibility index (Phi) is 3.63.